The van der Waals surface area contributed by atoms with Crippen LogP contribution in [0.5, 0.6) is 5.75 Å². The molecule has 0 saturated carbocycles. The van der Waals surface area contributed by atoms with Crippen LogP contribution in [0.3, 0.4) is 0 Å². The van der Waals surface area contributed by atoms with Crippen LogP contribution in [0.4, 0.5) is 5.69 Å². The SMILES string of the molecule is CN=C(NCCc1nc(C)c(C)s1)NCC1CCN(c2cccc(OC)c2)C1.I. The van der Waals surface area contributed by atoms with Gasteiger partial charge in [0.1, 0.15) is 5.75 Å². The van der Waals surface area contributed by atoms with Crippen molar-refractivity contribution in [2.45, 2.75) is 26.7 Å². The minimum absolute atomic E-state index is 0. The number of aromatic nitrogens is 1. The predicted molar refractivity (Wildman–Crippen MR) is 133 cm³/mol. The van der Waals surface area contributed by atoms with Gasteiger partial charge in [0.25, 0.3) is 0 Å². The molecule has 1 fully saturated rings. The summed E-state index contributed by atoms with van der Waals surface area (Å²) >= 11 is 1.78. The van der Waals surface area contributed by atoms with Gasteiger partial charge in [-0.1, -0.05) is 6.07 Å². The third-order valence-electron chi connectivity index (χ3n) is 5.19. The van der Waals surface area contributed by atoms with Crippen LogP contribution < -0.4 is 20.3 Å². The molecule has 0 amide bonds. The Bertz CT molecular complexity index is 791. The highest BCUT2D eigenvalue weighted by Crippen LogP contribution is 2.26. The molecule has 160 valence electrons. The molecule has 2 N–H and O–H groups in total. The molecule has 2 aromatic rings. The van der Waals surface area contributed by atoms with Gasteiger partial charge >= 0.3 is 0 Å². The first-order valence-corrected chi connectivity index (χ1v) is 10.7. The zero-order chi connectivity index (χ0) is 19.9. The maximum atomic E-state index is 5.35. The Morgan fingerprint density at radius 2 is 2.17 bits per heavy atom. The van der Waals surface area contributed by atoms with Crippen LogP contribution in [0, 0.1) is 19.8 Å². The summed E-state index contributed by atoms with van der Waals surface area (Å²) in [5, 5.41) is 8.07. The van der Waals surface area contributed by atoms with E-state index in [1.54, 1.807) is 18.4 Å². The van der Waals surface area contributed by atoms with Crippen molar-refractivity contribution in [3.05, 3.63) is 39.8 Å². The second-order valence-electron chi connectivity index (χ2n) is 7.18. The van der Waals surface area contributed by atoms with Gasteiger partial charge in [-0.15, -0.1) is 35.3 Å². The number of aryl methyl sites for hydroxylation is 2. The molecule has 1 saturated heterocycles. The van der Waals surface area contributed by atoms with Crippen LogP contribution in [0.15, 0.2) is 29.3 Å². The highest BCUT2D eigenvalue weighted by molar-refractivity contribution is 14.0. The summed E-state index contributed by atoms with van der Waals surface area (Å²) in [5.41, 5.74) is 2.38. The van der Waals surface area contributed by atoms with Gasteiger partial charge in [0, 0.05) is 56.3 Å². The first-order chi connectivity index (χ1) is 13.6. The van der Waals surface area contributed by atoms with E-state index in [4.69, 9.17) is 4.74 Å². The molecule has 0 radical (unpaired) electrons. The minimum atomic E-state index is 0. The summed E-state index contributed by atoms with van der Waals surface area (Å²) in [6.07, 6.45) is 2.10. The van der Waals surface area contributed by atoms with E-state index in [1.165, 1.54) is 22.0 Å². The molecule has 1 unspecified atom stereocenters. The monoisotopic (exact) mass is 529 g/mol. The number of nitrogens with zero attached hydrogens (tertiary/aromatic N) is 3. The zero-order valence-electron chi connectivity index (χ0n) is 17.7. The van der Waals surface area contributed by atoms with Gasteiger partial charge in [-0.3, -0.25) is 4.99 Å². The fraction of sp³-hybridized carbons (Fsp3) is 0.524. The molecule has 3 rings (SSSR count). The van der Waals surface area contributed by atoms with Crippen LogP contribution in [0.25, 0.3) is 0 Å². The van der Waals surface area contributed by atoms with Crippen molar-refractivity contribution in [2.75, 3.05) is 45.2 Å². The summed E-state index contributed by atoms with van der Waals surface area (Å²) < 4.78 is 5.35. The van der Waals surface area contributed by atoms with E-state index < -0.39 is 0 Å². The van der Waals surface area contributed by atoms with Crippen molar-refractivity contribution in [3.63, 3.8) is 0 Å². The average Bonchev–Trinajstić information content (AvgIpc) is 3.31. The van der Waals surface area contributed by atoms with Gasteiger partial charge in [-0.2, -0.15) is 0 Å². The second-order valence-corrected chi connectivity index (χ2v) is 8.47. The normalized spacial score (nSPS) is 16.5. The Hall–Kier alpha value is -1.55. The van der Waals surface area contributed by atoms with Crippen LogP contribution in [0.1, 0.15) is 22.0 Å². The highest BCUT2D eigenvalue weighted by Gasteiger charge is 2.23. The molecule has 1 aromatic carbocycles. The average molecular weight is 529 g/mol. The van der Waals surface area contributed by atoms with Crippen LogP contribution >= 0.6 is 35.3 Å². The van der Waals surface area contributed by atoms with Gasteiger partial charge < -0.3 is 20.3 Å². The number of thiazole rings is 1. The third kappa shape index (κ3) is 6.74. The van der Waals surface area contributed by atoms with E-state index >= 15 is 0 Å². The van der Waals surface area contributed by atoms with Crippen molar-refractivity contribution < 1.29 is 4.74 Å². The number of ether oxygens (including phenoxy) is 1. The molecular formula is C21H32IN5OS. The zero-order valence-corrected chi connectivity index (χ0v) is 20.8. The number of benzene rings is 1. The van der Waals surface area contributed by atoms with E-state index in [1.807, 2.05) is 13.1 Å². The number of rotatable bonds is 7. The van der Waals surface area contributed by atoms with Crippen molar-refractivity contribution >= 4 is 47.0 Å². The highest BCUT2D eigenvalue weighted by atomic mass is 127. The third-order valence-corrected chi connectivity index (χ3v) is 6.32. The number of guanidine groups is 1. The maximum Gasteiger partial charge on any atom is 0.191 e. The second kappa shape index (κ2) is 11.6. The predicted octanol–water partition coefficient (Wildman–Crippen LogP) is 3.62. The Kier molecular flexibility index (Phi) is 9.48. The lowest BCUT2D eigenvalue weighted by molar-refractivity contribution is 0.415. The van der Waals surface area contributed by atoms with Crippen LogP contribution in [-0.2, 0) is 6.42 Å². The van der Waals surface area contributed by atoms with E-state index in [9.17, 15) is 0 Å². The summed E-state index contributed by atoms with van der Waals surface area (Å²) in [6.45, 7) is 8.09. The molecule has 1 aliphatic rings. The maximum absolute atomic E-state index is 5.35. The molecule has 8 heteroatoms. The number of anilines is 1. The molecule has 29 heavy (non-hydrogen) atoms. The molecule has 1 aromatic heterocycles. The Morgan fingerprint density at radius 1 is 1.34 bits per heavy atom. The van der Waals surface area contributed by atoms with Gasteiger partial charge in [-0.05, 0) is 38.3 Å². The lowest BCUT2D eigenvalue weighted by atomic mass is 10.1. The largest absolute Gasteiger partial charge is 0.497 e. The fourth-order valence-electron chi connectivity index (χ4n) is 3.44. The Balaban J connectivity index is 0.00000300. The summed E-state index contributed by atoms with van der Waals surface area (Å²) in [5.74, 6) is 2.38. The van der Waals surface area contributed by atoms with Gasteiger partial charge in [0.2, 0.25) is 0 Å². The lowest BCUT2D eigenvalue weighted by Gasteiger charge is -2.20. The number of aliphatic imine (C=N–C) groups is 1. The van der Waals surface area contributed by atoms with Crippen LogP contribution in [-0.4, -0.2) is 51.3 Å². The van der Waals surface area contributed by atoms with E-state index in [2.05, 4.69) is 57.6 Å². The van der Waals surface area contributed by atoms with Crippen LogP contribution in [0.2, 0.25) is 0 Å². The summed E-state index contributed by atoms with van der Waals surface area (Å²) in [7, 11) is 3.54. The quantitative estimate of drug-likeness (QED) is 0.326. The van der Waals surface area contributed by atoms with Gasteiger partial charge in [-0.25, -0.2) is 4.98 Å². The molecule has 0 aliphatic carbocycles. The van der Waals surface area contributed by atoms with E-state index in [0.29, 0.717) is 5.92 Å². The number of nitrogens with one attached hydrogen (secondary N) is 2. The Morgan fingerprint density at radius 3 is 2.86 bits per heavy atom. The fourth-order valence-corrected chi connectivity index (χ4v) is 4.37. The Labute approximate surface area is 195 Å². The molecule has 1 aliphatic heterocycles. The molecule has 0 bridgehead atoms. The first-order valence-electron chi connectivity index (χ1n) is 9.85. The summed E-state index contributed by atoms with van der Waals surface area (Å²) in [6, 6.07) is 8.30. The first kappa shape index (κ1) is 23.7. The van der Waals surface area contributed by atoms with E-state index in [-0.39, 0.29) is 24.0 Å². The smallest absolute Gasteiger partial charge is 0.191 e. The number of halogens is 1. The molecular weight excluding hydrogens is 497 g/mol. The number of methoxy groups -OCH3 is 1. The van der Waals surface area contributed by atoms with Gasteiger partial charge in [0.05, 0.1) is 17.8 Å². The minimum Gasteiger partial charge on any atom is -0.497 e. The topological polar surface area (TPSA) is 61.8 Å². The molecule has 2 heterocycles. The van der Waals surface area contributed by atoms with E-state index in [0.717, 1.165) is 50.0 Å². The lowest BCUT2D eigenvalue weighted by Crippen LogP contribution is -2.41. The van der Waals surface area contributed by atoms with Crippen molar-refractivity contribution in [1.29, 1.82) is 0 Å². The molecule has 0 spiro atoms. The van der Waals surface area contributed by atoms with Crippen molar-refractivity contribution in [3.8, 4) is 5.75 Å². The molecule has 6 nitrogen and oxygen atoms in total. The number of hydrogen-bond donors (Lipinski definition) is 2. The van der Waals surface area contributed by atoms with Gasteiger partial charge in [0.15, 0.2) is 5.96 Å². The number of hydrogen-bond acceptors (Lipinski definition) is 5. The van der Waals surface area contributed by atoms with Crippen molar-refractivity contribution in [1.82, 2.24) is 15.6 Å². The summed E-state index contributed by atoms with van der Waals surface area (Å²) in [4.78, 5) is 12.7. The standard InChI is InChI=1S/C21H31N5OS.HI/c1-15-16(2)28-20(25-15)8-10-23-21(22-3)24-13-17-9-11-26(14-17)18-6-5-7-19(12-18)27-4;/h5-7,12,17H,8-11,13-14H2,1-4H3,(H2,22,23,24);1H. The molecule has 1 atom stereocenters. The van der Waals surface area contributed by atoms with Crippen molar-refractivity contribution in [2.24, 2.45) is 10.9 Å².